The van der Waals surface area contributed by atoms with Crippen LogP contribution in [0.3, 0.4) is 0 Å². The van der Waals surface area contributed by atoms with Crippen LogP contribution in [0.5, 0.6) is 0 Å². The molecule has 6 nitrogen and oxygen atoms in total. The summed E-state index contributed by atoms with van der Waals surface area (Å²) < 4.78 is 5.79. The van der Waals surface area contributed by atoms with E-state index >= 15 is 0 Å². The minimum atomic E-state index is -0.0589. The fraction of sp³-hybridized carbons (Fsp3) is 0.789. The van der Waals surface area contributed by atoms with E-state index in [1.165, 1.54) is 37.0 Å². The van der Waals surface area contributed by atoms with Crippen LogP contribution in [0.15, 0.2) is 5.38 Å². The molecule has 1 amide bonds. The molecule has 0 aromatic carbocycles. The zero-order chi connectivity index (χ0) is 18.1. The summed E-state index contributed by atoms with van der Waals surface area (Å²) in [6, 6.07) is 0.480. The van der Waals surface area contributed by atoms with E-state index in [2.05, 4.69) is 39.7 Å². The number of carbonyl (C=O) groups is 1. The molecule has 3 fully saturated rings. The van der Waals surface area contributed by atoms with Crippen molar-refractivity contribution < 1.29 is 9.53 Å². The van der Waals surface area contributed by atoms with Crippen LogP contribution in [0.4, 0.5) is 5.13 Å². The Bertz CT molecular complexity index is 623. The third kappa shape index (κ3) is 5.80. The molecule has 0 radical (unpaired) electrons. The molecule has 4 rings (SSSR count). The van der Waals surface area contributed by atoms with Gasteiger partial charge >= 0.3 is 0 Å². The Morgan fingerprint density at radius 3 is 2.71 bits per heavy atom. The third-order valence-electron chi connectivity index (χ3n) is 5.84. The standard InChI is InChI=1S/C19H30N4O2S.2ClH/c1-12-8-23(9-13(2)25-12)10-15-11-26-19(20-15)22-18(24)17-7-14-5-3-4-6-16(14)21-17;;/h11-14,16-17,21H,3-10H2,1-2H3,(H,20,22,24);2*1H. The van der Waals surface area contributed by atoms with Crippen LogP contribution in [-0.4, -0.2) is 53.2 Å². The average Bonchev–Trinajstić information content (AvgIpc) is 3.20. The number of hydrogen-bond donors (Lipinski definition) is 2. The van der Waals surface area contributed by atoms with Gasteiger partial charge in [-0.05, 0) is 39.0 Å². The number of anilines is 1. The van der Waals surface area contributed by atoms with Crippen LogP contribution < -0.4 is 10.6 Å². The predicted octanol–water partition coefficient (Wildman–Crippen LogP) is 3.46. The van der Waals surface area contributed by atoms with E-state index in [0.717, 1.165) is 36.9 Å². The van der Waals surface area contributed by atoms with E-state index in [1.54, 1.807) is 0 Å². The van der Waals surface area contributed by atoms with Gasteiger partial charge in [-0.25, -0.2) is 4.98 Å². The van der Waals surface area contributed by atoms with Gasteiger partial charge in [-0.1, -0.05) is 12.8 Å². The van der Waals surface area contributed by atoms with Crippen LogP contribution in [0, 0.1) is 5.92 Å². The number of hydrogen-bond acceptors (Lipinski definition) is 6. The maximum absolute atomic E-state index is 12.6. The molecular weight excluding hydrogens is 419 g/mol. The number of carbonyl (C=O) groups excluding carboxylic acids is 1. The summed E-state index contributed by atoms with van der Waals surface area (Å²) in [5.41, 5.74) is 1.03. The Balaban J connectivity index is 0.00000140. The molecule has 5 unspecified atom stereocenters. The van der Waals surface area contributed by atoms with Crippen LogP contribution in [0.25, 0.3) is 0 Å². The predicted molar refractivity (Wildman–Crippen MR) is 118 cm³/mol. The van der Waals surface area contributed by atoms with Crippen molar-refractivity contribution in [2.75, 3.05) is 18.4 Å². The number of fused-ring (bicyclic) bond motifs is 1. The Kier molecular flexibility index (Phi) is 8.98. The van der Waals surface area contributed by atoms with Gasteiger partial charge < -0.3 is 15.4 Å². The highest BCUT2D eigenvalue weighted by Crippen LogP contribution is 2.33. The van der Waals surface area contributed by atoms with Crippen LogP contribution >= 0.6 is 36.2 Å². The van der Waals surface area contributed by atoms with E-state index in [4.69, 9.17) is 4.74 Å². The molecule has 5 atom stereocenters. The van der Waals surface area contributed by atoms with E-state index in [-0.39, 0.29) is 49.0 Å². The van der Waals surface area contributed by atoms with Crippen molar-refractivity contribution >= 4 is 47.2 Å². The minimum Gasteiger partial charge on any atom is -0.373 e. The molecule has 28 heavy (non-hydrogen) atoms. The molecule has 1 aromatic rings. The summed E-state index contributed by atoms with van der Waals surface area (Å²) in [6.45, 7) is 6.90. The van der Waals surface area contributed by atoms with Gasteiger partial charge in [0, 0.05) is 31.1 Å². The molecule has 2 saturated heterocycles. The number of nitrogens with zero attached hydrogens (tertiary/aromatic N) is 2. The van der Waals surface area contributed by atoms with Crippen LogP contribution in [0.1, 0.15) is 51.6 Å². The number of ether oxygens (including phenoxy) is 1. The van der Waals surface area contributed by atoms with Gasteiger partial charge in [0.1, 0.15) is 0 Å². The van der Waals surface area contributed by atoms with Crippen molar-refractivity contribution in [3.05, 3.63) is 11.1 Å². The van der Waals surface area contributed by atoms with Gasteiger partial charge in [-0.3, -0.25) is 9.69 Å². The highest BCUT2D eigenvalue weighted by atomic mass is 35.5. The first kappa shape index (κ1) is 23.8. The number of aromatic nitrogens is 1. The fourth-order valence-electron chi connectivity index (χ4n) is 4.79. The molecule has 9 heteroatoms. The van der Waals surface area contributed by atoms with Crippen molar-refractivity contribution in [1.29, 1.82) is 0 Å². The van der Waals surface area contributed by atoms with Crippen molar-refractivity contribution in [1.82, 2.24) is 15.2 Å². The lowest BCUT2D eigenvalue weighted by molar-refractivity contribution is -0.117. The average molecular weight is 451 g/mol. The highest BCUT2D eigenvalue weighted by Gasteiger charge is 2.38. The second-order valence-electron chi connectivity index (χ2n) is 8.19. The molecule has 3 aliphatic rings. The van der Waals surface area contributed by atoms with Crippen molar-refractivity contribution in [3.63, 3.8) is 0 Å². The second kappa shape index (κ2) is 10.5. The number of nitrogens with one attached hydrogen (secondary N) is 2. The quantitative estimate of drug-likeness (QED) is 0.734. The van der Waals surface area contributed by atoms with Gasteiger partial charge in [0.2, 0.25) is 5.91 Å². The molecule has 3 heterocycles. The summed E-state index contributed by atoms with van der Waals surface area (Å²) in [6.07, 6.45) is 6.56. The number of morpholine rings is 1. The first-order valence-electron chi connectivity index (χ1n) is 9.96. The summed E-state index contributed by atoms with van der Waals surface area (Å²) in [4.78, 5) is 19.6. The molecular formula is C19H32Cl2N4O2S. The zero-order valence-electron chi connectivity index (χ0n) is 16.6. The minimum absolute atomic E-state index is 0. The molecule has 1 aliphatic carbocycles. The SMILES string of the molecule is CC1CN(Cc2csc(NC(=O)C3CC4CCCCC4N3)n2)CC(C)O1.Cl.Cl. The Hall–Kier alpha value is -0.440. The number of thiazole rings is 1. The second-order valence-corrected chi connectivity index (χ2v) is 9.05. The normalized spacial score (nSPS) is 32.7. The van der Waals surface area contributed by atoms with Crippen molar-refractivity contribution in [2.45, 2.75) is 76.8 Å². The van der Waals surface area contributed by atoms with E-state index in [0.29, 0.717) is 12.0 Å². The lowest BCUT2D eigenvalue weighted by atomic mass is 9.85. The maximum atomic E-state index is 12.6. The first-order chi connectivity index (χ1) is 12.6. The summed E-state index contributed by atoms with van der Waals surface area (Å²) in [5.74, 6) is 0.755. The number of rotatable bonds is 4. The lowest BCUT2D eigenvalue weighted by Gasteiger charge is -2.34. The molecule has 1 saturated carbocycles. The van der Waals surface area contributed by atoms with Gasteiger partial charge in [0.25, 0.3) is 0 Å². The van der Waals surface area contributed by atoms with Gasteiger partial charge in [0.05, 0.1) is 23.9 Å². The lowest BCUT2D eigenvalue weighted by Crippen LogP contribution is -2.44. The molecule has 2 aliphatic heterocycles. The van der Waals surface area contributed by atoms with Gasteiger partial charge in [-0.15, -0.1) is 36.2 Å². The Labute approximate surface area is 184 Å². The highest BCUT2D eigenvalue weighted by molar-refractivity contribution is 7.13. The van der Waals surface area contributed by atoms with E-state index < -0.39 is 0 Å². The molecule has 2 N–H and O–H groups in total. The smallest absolute Gasteiger partial charge is 0.243 e. The van der Waals surface area contributed by atoms with E-state index in [1.807, 2.05) is 0 Å². The van der Waals surface area contributed by atoms with E-state index in [9.17, 15) is 4.79 Å². The zero-order valence-corrected chi connectivity index (χ0v) is 19.0. The summed E-state index contributed by atoms with van der Waals surface area (Å²) in [5, 5.41) is 9.35. The molecule has 0 bridgehead atoms. The topological polar surface area (TPSA) is 66.5 Å². The van der Waals surface area contributed by atoms with Crippen LogP contribution in [0.2, 0.25) is 0 Å². The molecule has 1 aromatic heterocycles. The fourth-order valence-corrected chi connectivity index (χ4v) is 5.50. The molecule has 0 spiro atoms. The largest absolute Gasteiger partial charge is 0.373 e. The monoisotopic (exact) mass is 450 g/mol. The number of halogens is 2. The maximum Gasteiger partial charge on any atom is 0.243 e. The molecule has 160 valence electrons. The Morgan fingerprint density at radius 2 is 2.00 bits per heavy atom. The number of amides is 1. The Morgan fingerprint density at radius 1 is 1.29 bits per heavy atom. The van der Waals surface area contributed by atoms with Gasteiger partial charge in [0.15, 0.2) is 5.13 Å². The van der Waals surface area contributed by atoms with Crippen LogP contribution in [-0.2, 0) is 16.1 Å². The first-order valence-corrected chi connectivity index (χ1v) is 10.8. The van der Waals surface area contributed by atoms with Gasteiger partial charge in [-0.2, -0.15) is 0 Å². The van der Waals surface area contributed by atoms with Crippen molar-refractivity contribution in [3.8, 4) is 0 Å². The summed E-state index contributed by atoms with van der Waals surface area (Å²) >= 11 is 1.52. The third-order valence-corrected chi connectivity index (χ3v) is 6.65. The summed E-state index contributed by atoms with van der Waals surface area (Å²) in [7, 11) is 0. The van der Waals surface area contributed by atoms with Crippen molar-refractivity contribution in [2.24, 2.45) is 5.92 Å².